The highest BCUT2D eigenvalue weighted by Gasteiger charge is 2.32. The molecule has 1 saturated heterocycles. The topological polar surface area (TPSA) is 68.5 Å². The van der Waals surface area contributed by atoms with Crippen LogP contribution >= 0.6 is 11.8 Å². The normalized spacial score (nSPS) is 15.5. The molecule has 35 heavy (non-hydrogen) atoms. The molecule has 5 rings (SSSR count). The lowest BCUT2D eigenvalue weighted by atomic mass is 9.95. The van der Waals surface area contributed by atoms with Gasteiger partial charge in [-0.1, -0.05) is 67.9 Å². The Morgan fingerprint density at radius 1 is 0.971 bits per heavy atom. The Labute approximate surface area is 208 Å². The van der Waals surface area contributed by atoms with Crippen LogP contribution in [0.5, 0.6) is 5.75 Å². The number of nitrogens with one attached hydrogen (secondary N) is 1. The van der Waals surface area contributed by atoms with E-state index in [1.807, 2.05) is 48.7 Å². The maximum Gasteiger partial charge on any atom is 0.286 e. The maximum atomic E-state index is 11.9. The Morgan fingerprint density at radius 2 is 1.77 bits per heavy atom. The molecule has 0 radical (unpaired) electrons. The van der Waals surface area contributed by atoms with Crippen molar-refractivity contribution in [3.63, 3.8) is 0 Å². The maximum absolute atomic E-state index is 11.9. The van der Waals surface area contributed by atoms with Crippen molar-refractivity contribution >= 4 is 33.9 Å². The molecule has 0 aliphatic carbocycles. The first-order chi connectivity index (χ1) is 17.1. The second-order valence-corrected chi connectivity index (χ2v) is 9.72. The number of benzene rings is 3. The van der Waals surface area contributed by atoms with Crippen LogP contribution in [0, 0.1) is 0 Å². The number of thioether (sulfide) groups is 1. The van der Waals surface area contributed by atoms with Gasteiger partial charge >= 0.3 is 0 Å². The second-order valence-electron chi connectivity index (χ2n) is 8.64. The third-order valence-electron chi connectivity index (χ3n) is 6.26. The summed E-state index contributed by atoms with van der Waals surface area (Å²) in [6.07, 6.45) is 5.70. The number of carbonyl (C=O) groups excluding carboxylic acids is 2. The van der Waals surface area contributed by atoms with Crippen molar-refractivity contribution in [2.75, 3.05) is 6.61 Å². The number of fused-ring (bicyclic) bond motifs is 1. The third kappa shape index (κ3) is 4.98. The molecule has 1 N–H and O–H groups in total. The summed E-state index contributed by atoms with van der Waals surface area (Å²) in [5.74, 6) is 0.493. The molecule has 178 valence electrons. The summed E-state index contributed by atoms with van der Waals surface area (Å²) in [5, 5.41) is 2.70. The van der Waals surface area contributed by atoms with Crippen molar-refractivity contribution in [2.24, 2.45) is 0 Å². The van der Waals surface area contributed by atoms with Gasteiger partial charge in [0.1, 0.15) is 16.6 Å². The number of furan rings is 1. The van der Waals surface area contributed by atoms with Crippen molar-refractivity contribution in [3.8, 4) is 16.9 Å². The number of rotatable bonds is 9. The fourth-order valence-electron chi connectivity index (χ4n) is 4.56. The Morgan fingerprint density at radius 3 is 2.49 bits per heavy atom. The SMILES string of the molecule is CCCc1c(CCCOc2ccc(C3SC(=O)NC3=O)cc2)ccc2c(-c3ccccc3)coc12. The minimum atomic E-state index is -0.479. The van der Waals surface area contributed by atoms with Crippen LogP contribution < -0.4 is 10.1 Å². The molecule has 1 atom stereocenters. The molecule has 1 aliphatic heterocycles. The van der Waals surface area contributed by atoms with Crippen LogP contribution in [0.3, 0.4) is 0 Å². The van der Waals surface area contributed by atoms with Crippen molar-refractivity contribution in [1.29, 1.82) is 0 Å². The number of hydrogen-bond donors (Lipinski definition) is 1. The van der Waals surface area contributed by atoms with E-state index in [0.717, 1.165) is 65.3 Å². The molecular formula is C29H27NO4S. The van der Waals surface area contributed by atoms with Crippen LogP contribution in [-0.4, -0.2) is 17.8 Å². The van der Waals surface area contributed by atoms with Crippen LogP contribution in [0.4, 0.5) is 4.79 Å². The Balaban J connectivity index is 1.23. The number of amides is 2. The zero-order valence-corrected chi connectivity index (χ0v) is 20.4. The van der Waals surface area contributed by atoms with Gasteiger partial charge in [0.05, 0.1) is 12.9 Å². The quantitative estimate of drug-likeness (QED) is 0.256. The molecule has 1 aromatic heterocycles. The van der Waals surface area contributed by atoms with Crippen LogP contribution in [-0.2, 0) is 17.6 Å². The first-order valence-corrected chi connectivity index (χ1v) is 12.8. The van der Waals surface area contributed by atoms with Crippen molar-refractivity contribution in [2.45, 2.75) is 37.9 Å². The zero-order valence-electron chi connectivity index (χ0n) is 19.6. The molecule has 3 aromatic carbocycles. The molecule has 0 bridgehead atoms. The molecule has 1 fully saturated rings. The fourth-order valence-corrected chi connectivity index (χ4v) is 5.40. The Kier molecular flexibility index (Phi) is 6.91. The van der Waals surface area contributed by atoms with E-state index in [2.05, 4.69) is 36.5 Å². The number of hydrogen-bond acceptors (Lipinski definition) is 5. The van der Waals surface area contributed by atoms with Gasteiger partial charge in [-0.25, -0.2) is 0 Å². The summed E-state index contributed by atoms with van der Waals surface area (Å²) in [7, 11) is 0. The highest BCUT2D eigenvalue weighted by Crippen LogP contribution is 2.36. The van der Waals surface area contributed by atoms with Gasteiger partial charge in [-0.2, -0.15) is 0 Å². The van der Waals surface area contributed by atoms with Crippen LogP contribution in [0.25, 0.3) is 22.1 Å². The van der Waals surface area contributed by atoms with Crippen molar-refractivity contribution in [1.82, 2.24) is 5.32 Å². The molecule has 0 saturated carbocycles. The molecule has 5 nitrogen and oxygen atoms in total. The van der Waals surface area contributed by atoms with E-state index in [0.29, 0.717) is 6.61 Å². The summed E-state index contributed by atoms with van der Waals surface area (Å²) in [6.45, 7) is 2.79. The lowest BCUT2D eigenvalue weighted by Crippen LogP contribution is -2.20. The van der Waals surface area contributed by atoms with E-state index >= 15 is 0 Å². The average molecular weight is 486 g/mol. The van der Waals surface area contributed by atoms with Crippen molar-refractivity contribution < 1.29 is 18.7 Å². The van der Waals surface area contributed by atoms with Gasteiger partial charge in [0.2, 0.25) is 5.91 Å². The van der Waals surface area contributed by atoms with Gasteiger partial charge in [0.15, 0.2) is 0 Å². The lowest BCUT2D eigenvalue weighted by molar-refractivity contribution is -0.119. The standard InChI is InChI=1S/C29H27NO4S/c1-2-7-23-20(13-16-24-25(18-34-26(23)24)19-8-4-3-5-9-19)10-6-17-33-22-14-11-21(12-15-22)27-28(31)30-29(32)35-27/h3-5,8-9,11-16,18,27H,2,6-7,10,17H2,1H3,(H,30,31,32). The highest BCUT2D eigenvalue weighted by atomic mass is 32.2. The Bertz CT molecular complexity index is 1340. The summed E-state index contributed by atoms with van der Waals surface area (Å²) in [6, 6.07) is 22.2. The molecule has 1 unspecified atom stereocenters. The van der Waals surface area contributed by atoms with Gasteiger partial charge in [0, 0.05) is 10.9 Å². The predicted octanol–water partition coefficient (Wildman–Crippen LogP) is 7.09. The highest BCUT2D eigenvalue weighted by molar-refractivity contribution is 8.15. The summed E-state index contributed by atoms with van der Waals surface area (Å²) >= 11 is 1.01. The van der Waals surface area contributed by atoms with E-state index < -0.39 is 5.25 Å². The fraction of sp³-hybridized carbons (Fsp3) is 0.241. The monoisotopic (exact) mass is 485 g/mol. The van der Waals surface area contributed by atoms with Gasteiger partial charge in [-0.3, -0.25) is 14.9 Å². The molecular weight excluding hydrogens is 458 g/mol. The second kappa shape index (κ2) is 10.4. The Hall–Kier alpha value is -3.51. The molecule has 2 amide bonds. The van der Waals surface area contributed by atoms with E-state index in [-0.39, 0.29) is 11.1 Å². The van der Waals surface area contributed by atoms with E-state index in [1.54, 1.807) is 0 Å². The first kappa shape index (κ1) is 23.2. The van der Waals surface area contributed by atoms with Crippen LogP contribution in [0.15, 0.2) is 77.4 Å². The molecule has 1 aliphatic rings. The smallest absolute Gasteiger partial charge is 0.286 e. The molecule has 0 spiro atoms. The first-order valence-electron chi connectivity index (χ1n) is 12.0. The number of carbonyl (C=O) groups is 2. The minimum absolute atomic E-state index is 0.263. The lowest BCUT2D eigenvalue weighted by Gasteiger charge is -2.12. The number of ether oxygens (including phenoxy) is 1. The number of imide groups is 1. The largest absolute Gasteiger partial charge is 0.494 e. The number of aryl methyl sites for hydroxylation is 2. The zero-order chi connectivity index (χ0) is 24.2. The van der Waals surface area contributed by atoms with E-state index in [1.165, 1.54) is 16.7 Å². The van der Waals surface area contributed by atoms with Gasteiger partial charge in [0.25, 0.3) is 5.24 Å². The van der Waals surface area contributed by atoms with Gasteiger partial charge in [-0.15, -0.1) is 0 Å². The molecule has 6 heteroatoms. The van der Waals surface area contributed by atoms with Gasteiger partial charge in [-0.05, 0) is 65.4 Å². The molecule has 4 aromatic rings. The van der Waals surface area contributed by atoms with Crippen molar-refractivity contribution in [3.05, 3.63) is 89.7 Å². The predicted molar refractivity (Wildman–Crippen MR) is 140 cm³/mol. The summed E-state index contributed by atoms with van der Waals surface area (Å²) in [5.41, 5.74) is 6.69. The van der Waals surface area contributed by atoms with E-state index in [4.69, 9.17) is 9.15 Å². The van der Waals surface area contributed by atoms with Crippen LogP contribution in [0.2, 0.25) is 0 Å². The summed E-state index contributed by atoms with van der Waals surface area (Å²) < 4.78 is 12.0. The van der Waals surface area contributed by atoms with Gasteiger partial charge < -0.3 is 9.15 Å². The molecule has 2 heterocycles. The minimum Gasteiger partial charge on any atom is -0.494 e. The average Bonchev–Trinajstić information content (AvgIpc) is 3.46. The third-order valence-corrected chi connectivity index (χ3v) is 7.30. The van der Waals surface area contributed by atoms with Crippen LogP contribution in [0.1, 0.15) is 41.7 Å². The summed E-state index contributed by atoms with van der Waals surface area (Å²) in [4.78, 5) is 23.3. The van der Waals surface area contributed by atoms with E-state index in [9.17, 15) is 9.59 Å².